The van der Waals surface area contributed by atoms with Gasteiger partial charge in [-0.25, -0.2) is 0 Å². The molecule has 0 fully saturated rings. The van der Waals surface area contributed by atoms with Gasteiger partial charge in [0.2, 0.25) is 0 Å². The topological polar surface area (TPSA) is 46.2 Å². The fourth-order valence-corrected chi connectivity index (χ4v) is 1.35. The van der Waals surface area contributed by atoms with Crippen LogP contribution in [0.4, 0.5) is 0 Å². The first-order chi connectivity index (χ1) is 6.15. The Balaban J connectivity index is 2.84. The third-order valence-electron chi connectivity index (χ3n) is 1.77. The van der Waals surface area contributed by atoms with E-state index in [1.54, 1.807) is 18.2 Å². The fraction of sp³-hybridized carbons (Fsp3) is 0.333. The van der Waals surface area contributed by atoms with Gasteiger partial charge in [0.15, 0.2) is 0 Å². The highest BCUT2D eigenvalue weighted by Crippen LogP contribution is 2.26. The summed E-state index contributed by atoms with van der Waals surface area (Å²) in [6, 6.07) is 5.07. The fourth-order valence-electron chi connectivity index (χ4n) is 1.04. The first-order valence-electron chi connectivity index (χ1n) is 3.98. The van der Waals surface area contributed by atoms with Gasteiger partial charge in [0.25, 0.3) is 0 Å². The molecule has 1 rings (SSSR count). The van der Waals surface area contributed by atoms with Crippen LogP contribution in [0.3, 0.4) is 0 Å². The van der Waals surface area contributed by atoms with E-state index < -0.39 is 6.10 Å². The molecule has 0 aromatic heterocycles. The van der Waals surface area contributed by atoms with Crippen molar-refractivity contribution in [2.75, 3.05) is 6.54 Å². The van der Waals surface area contributed by atoms with Crippen LogP contribution in [0, 0.1) is 0 Å². The Hall–Kier alpha value is -0.280. The SMILES string of the molecule is NCCC(O)c1ccc(Cl)c(Cl)c1. The van der Waals surface area contributed by atoms with E-state index in [0.717, 1.165) is 5.56 Å². The molecule has 0 heterocycles. The standard InChI is InChI=1S/C9H11Cl2NO/c10-7-2-1-6(5-8(7)11)9(13)3-4-12/h1-2,5,9,13H,3-4,12H2. The predicted octanol–water partition coefficient (Wildman–Crippen LogP) is 2.38. The first kappa shape index (κ1) is 10.8. The van der Waals surface area contributed by atoms with Crippen LogP contribution in [0.2, 0.25) is 10.0 Å². The molecule has 0 spiro atoms. The molecule has 0 bridgehead atoms. The molecular weight excluding hydrogens is 209 g/mol. The highest BCUT2D eigenvalue weighted by Gasteiger charge is 2.07. The summed E-state index contributed by atoms with van der Waals surface area (Å²) in [4.78, 5) is 0. The smallest absolute Gasteiger partial charge is 0.0802 e. The van der Waals surface area contributed by atoms with Gasteiger partial charge in [-0.15, -0.1) is 0 Å². The number of hydrogen-bond donors (Lipinski definition) is 2. The predicted molar refractivity (Wildman–Crippen MR) is 55.1 cm³/mol. The second-order valence-corrected chi connectivity index (χ2v) is 3.58. The molecule has 0 aliphatic heterocycles. The Morgan fingerprint density at radius 1 is 1.31 bits per heavy atom. The van der Waals surface area contributed by atoms with Crippen molar-refractivity contribution in [2.24, 2.45) is 5.73 Å². The number of halogens is 2. The Bertz CT molecular complexity index is 291. The maximum Gasteiger partial charge on any atom is 0.0802 e. The van der Waals surface area contributed by atoms with E-state index in [4.69, 9.17) is 28.9 Å². The summed E-state index contributed by atoms with van der Waals surface area (Å²) in [7, 11) is 0. The van der Waals surface area contributed by atoms with Gasteiger partial charge >= 0.3 is 0 Å². The molecule has 1 aromatic rings. The minimum atomic E-state index is -0.556. The lowest BCUT2D eigenvalue weighted by Crippen LogP contribution is -2.06. The normalized spacial score (nSPS) is 12.9. The van der Waals surface area contributed by atoms with E-state index >= 15 is 0 Å². The van der Waals surface area contributed by atoms with E-state index in [1.807, 2.05) is 0 Å². The molecule has 0 saturated heterocycles. The Morgan fingerprint density at radius 3 is 2.54 bits per heavy atom. The molecule has 1 aromatic carbocycles. The average molecular weight is 220 g/mol. The molecule has 1 unspecified atom stereocenters. The molecule has 0 amide bonds. The summed E-state index contributed by atoms with van der Waals surface area (Å²) >= 11 is 11.5. The second-order valence-electron chi connectivity index (χ2n) is 2.77. The third-order valence-corrected chi connectivity index (χ3v) is 2.51. The minimum absolute atomic E-state index is 0.446. The van der Waals surface area contributed by atoms with E-state index in [9.17, 15) is 5.11 Å². The number of nitrogens with two attached hydrogens (primary N) is 1. The summed E-state index contributed by atoms with van der Waals surface area (Å²) in [5.74, 6) is 0. The van der Waals surface area contributed by atoms with Gasteiger partial charge < -0.3 is 10.8 Å². The second kappa shape index (κ2) is 4.82. The van der Waals surface area contributed by atoms with Crippen LogP contribution >= 0.6 is 23.2 Å². The molecule has 3 N–H and O–H groups in total. The zero-order chi connectivity index (χ0) is 9.84. The molecule has 4 heteroatoms. The molecule has 1 atom stereocenters. The van der Waals surface area contributed by atoms with Crippen molar-refractivity contribution in [3.8, 4) is 0 Å². The van der Waals surface area contributed by atoms with Gasteiger partial charge in [0.1, 0.15) is 0 Å². The number of rotatable bonds is 3. The lowest BCUT2D eigenvalue weighted by atomic mass is 10.1. The third kappa shape index (κ3) is 2.85. The van der Waals surface area contributed by atoms with Gasteiger partial charge in [0.05, 0.1) is 16.1 Å². The van der Waals surface area contributed by atoms with Crippen LogP contribution in [0.15, 0.2) is 18.2 Å². The van der Waals surface area contributed by atoms with Crippen LogP contribution in [-0.4, -0.2) is 11.7 Å². The van der Waals surface area contributed by atoms with E-state index in [1.165, 1.54) is 0 Å². The maximum absolute atomic E-state index is 9.55. The van der Waals surface area contributed by atoms with E-state index in [2.05, 4.69) is 0 Å². The number of benzene rings is 1. The summed E-state index contributed by atoms with van der Waals surface area (Å²) < 4.78 is 0. The van der Waals surface area contributed by atoms with Crippen LogP contribution in [0.25, 0.3) is 0 Å². The van der Waals surface area contributed by atoms with Crippen LogP contribution in [0.5, 0.6) is 0 Å². The van der Waals surface area contributed by atoms with E-state index in [-0.39, 0.29) is 0 Å². The van der Waals surface area contributed by atoms with Crippen molar-refractivity contribution in [1.29, 1.82) is 0 Å². The Kier molecular flexibility index (Phi) is 4.00. The van der Waals surface area contributed by atoms with Gasteiger partial charge in [-0.2, -0.15) is 0 Å². The summed E-state index contributed by atoms with van der Waals surface area (Å²) in [5, 5.41) is 10.5. The molecule has 13 heavy (non-hydrogen) atoms. The van der Waals surface area contributed by atoms with Crippen molar-refractivity contribution < 1.29 is 5.11 Å². The summed E-state index contributed by atoms with van der Waals surface area (Å²) in [6.45, 7) is 0.446. The van der Waals surface area contributed by atoms with Crippen molar-refractivity contribution in [3.63, 3.8) is 0 Å². The van der Waals surface area contributed by atoms with Crippen LogP contribution in [-0.2, 0) is 0 Å². The van der Waals surface area contributed by atoms with Crippen molar-refractivity contribution in [1.82, 2.24) is 0 Å². The average Bonchev–Trinajstić information content (AvgIpc) is 2.10. The van der Waals surface area contributed by atoms with Crippen LogP contribution < -0.4 is 5.73 Å². The molecule has 0 aliphatic carbocycles. The monoisotopic (exact) mass is 219 g/mol. The number of hydrogen-bond acceptors (Lipinski definition) is 2. The summed E-state index contributed by atoms with van der Waals surface area (Å²) in [6.07, 6.45) is -0.0300. The largest absolute Gasteiger partial charge is 0.388 e. The molecule has 0 saturated carbocycles. The molecule has 0 aliphatic rings. The zero-order valence-electron chi connectivity index (χ0n) is 7.00. The Labute approximate surface area is 87.3 Å². The molecule has 2 nitrogen and oxygen atoms in total. The number of aliphatic hydroxyl groups is 1. The Morgan fingerprint density at radius 2 is 2.00 bits per heavy atom. The summed E-state index contributed by atoms with van der Waals surface area (Å²) in [5.41, 5.74) is 6.07. The lowest BCUT2D eigenvalue weighted by Gasteiger charge is -2.09. The molecule has 72 valence electrons. The minimum Gasteiger partial charge on any atom is -0.388 e. The maximum atomic E-state index is 9.55. The van der Waals surface area contributed by atoms with Crippen LogP contribution in [0.1, 0.15) is 18.1 Å². The van der Waals surface area contributed by atoms with Gasteiger partial charge in [-0.1, -0.05) is 29.3 Å². The quantitative estimate of drug-likeness (QED) is 0.821. The van der Waals surface area contributed by atoms with Crippen molar-refractivity contribution in [2.45, 2.75) is 12.5 Å². The number of aliphatic hydroxyl groups excluding tert-OH is 1. The highest BCUT2D eigenvalue weighted by molar-refractivity contribution is 6.42. The molecule has 0 radical (unpaired) electrons. The first-order valence-corrected chi connectivity index (χ1v) is 4.74. The van der Waals surface area contributed by atoms with Gasteiger partial charge in [-0.3, -0.25) is 0 Å². The van der Waals surface area contributed by atoms with Gasteiger partial charge in [0, 0.05) is 0 Å². The van der Waals surface area contributed by atoms with Crippen molar-refractivity contribution >= 4 is 23.2 Å². The van der Waals surface area contributed by atoms with Crippen molar-refractivity contribution in [3.05, 3.63) is 33.8 Å². The lowest BCUT2D eigenvalue weighted by molar-refractivity contribution is 0.170. The van der Waals surface area contributed by atoms with E-state index in [0.29, 0.717) is 23.0 Å². The molecular formula is C9H11Cl2NO. The highest BCUT2D eigenvalue weighted by atomic mass is 35.5. The zero-order valence-corrected chi connectivity index (χ0v) is 8.52. The van der Waals surface area contributed by atoms with Gasteiger partial charge in [-0.05, 0) is 30.7 Å².